The van der Waals surface area contributed by atoms with Gasteiger partial charge in [-0.05, 0) is 23.5 Å². The molecular formula is C24H30F2N4O3. The maximum Gasteiger partial charge on any atom is 0.243 e. The van der Waals surface area contributed by atoms with Crippen LogP contribution in [0.1, 0.15) is 45.7 Å². The molecule has 2 aromatic rings. The number of hydrogen-bond acceptors (Lipinski definition) is 5. The largest absolute Gasteiger partial charge is 0.391 e. The number of hydrogen-bond donors (Lipinski definition) is 3. The Balaban J connectivity index is 1.72. The summed E-state index contributed by atoms with van der Waals surface area (Å²) in [6, 6.07) is 4.39. The van der Waals surface area contributed by atoms with Gasteiger partial charge in [-0.1, -0.05) is 45.0 Å². The van der Waals surface area contributed by atoms with Crippen molar-refractivity contribution in [3.63, 3.8) is 0 Å². The van der Waals surface area contributed by atoms with Crippen LogP contribution >= 0.6 is 0 Å². The fourth-order valence-electron chi connectivity index (χ4n) is 3.87. The van der Waals surface area contributed by atoms with Gasteiger partial charge in [0.1, 0.15) is 6.04 Å². The van der Waals surface area contributed by atoms with Crippen molar-refractivity contribution in [2.24, 2.45) is 11.1 Å². The monoisotopic (exact) mass is 460 g/mol. The number of aliphatic hydroxyl groups is 1. The summed E-state index contributed by atoms with van der Waals surface area (Å²) in [7, 11) is 0. The minimum absolute atomic E-state index is 0.0485. The number of aromatic nitrogens is 1. The highest BCUT2D eigenvalue weighted by Gasteiger charge is 2.42. The van der Waals surface area contributed by atoms with Gasteiger partial charge in [-0.25, -0.2) is 8.78 Å². The number of rotatable bonds is 5. The zero-order chi connectivity index (χ0) is 24.5. The molecule has 3 rings (SSSR count). The maximum absolute atomic E-state index is 14.0. The molecule has 0 bridgehead atoms. The standard InChI is InChI=1S/C24H30F2N4O3/c1-13(14-5-7-15(8-6-14)20-17(25)10-28-11-18(20)26)29-22(32)19-9-16(31)12-30(19)23(33)21(27)24(2,3)4/h5-8,10-11,13,16,19,21,31H,9,12,27H2,1-4H3,(H,29,32)/t13-,16+,19-,21+/m0/s1. The molecule has 0 aliphatic carbocycles. The lowest BCUT2D eigenvalue weighted by Crippen LogP contribution is -2.55. The molecule has 33 heavy (non-hydrogen) atoms. The van der Waals surface area contributed by atoms with Gasteiger partial charge in [0.05, 0.1) is 36.1 Å². The van der Waals surface area contributed by atoms with Gasteiger partial charge in [-0.15, -0.1) is 0 Å². The Morgan fingerprint density at radius 2 is 1.76 bits per heavy atom. The molecular weight excluding hydrogens is 430 g/mol. The number of carbonyl (C=O) groups is 2. The molecule has 1 saturated heterocycles. The second-order valence-electron chi connectivity index (χ2n) is 9.57. The molecule has 1 aromatic carbocycles. The van der Waals surface area contributed by atoms with Crippen molar-refractivity contribution in [2.75, 3.05) is 6.54 Å². The third-order valence-electron chi connectivity index (χ3n) is 5.98. The summed E-state index contributed by atoms with van der Waals surface area (Å²) in [4.78, 5) is 30.7. The summed E-state index contributed by atoms with van der Waals surface area (Å²) in [5.74, 6) is -2.30. The van der Waals surface area contributed by atoms with E-state index in [4.69, 9.17) is 5.73 Å². The van der Waals surface area contributed by atoms with E-state index < -0.39 is 47.2 Å². The predicted octanol–water partition coefficient (Wildman–Crippen LogP) is 2.54. The van der Waals surface area contributed by atoms with Crippen LogP contribution in [0.5, 0.6) is 0 Å². The number of likely N-dealkylation sites (tertiary alicyclic amines) is 1. The zero-order valence-electron chi connectivity index (χ0n) is 19.2. The summed E-state index contributed by atoms with van der Waals surface area (Å²) in [5.41, 5.74) is 6.50. The summed E-state index contributed by atoms with van der Waals surface area (Å²) < 4.78 is 28.0. The van der Waals surface area contributed by atoms with E-state index in [0.717, 1.165) is 12.4 Å². The lowest BCUT2D eigenvalue weighted by molar-refractivity contribution is -0.141. The van der Waals surface area contributed by atoms with Crippen molar-refractivity contribution in [1.82, 2.24) is 15.2 Å². The Morgan fingerprint density at radius 3 is 2.30 bits per heavy atom. The third-order valence-corrected chi connectivity index (χ3v) is 5.98. The molecule has 4 atom stereocenters. The van der Waals surface area contributed by atoms with Gasteiger partial charge in [0.15, 0.2) is 11.6 Å². The Labute approximate surface area is 192 Å². The number of β-amino-alcohol motifs (C(OH)–C–C–N with tert-alkyl or cyclic N) is 1. The van der Waals surface area contributed by atoms with E-state index in [2.05, 4.69) is 10.3 Å². The highest BCUT2D eigenvalue weighted by molar-refractivity contribution is 5.91. The second kappa shape index (κ2) is 9.52. The van der Waals surface area contributed by atoms with Crippen LogP contribution < -0.4 is 11.1 Å². The fourth-order valence-corrected chi connectivity index (χ4v) is 3.87. The van der Waals surface area contributed by atoms with E-state index >= 15 is 0 Å². The topological polar surface area (TPSA) is 109 Å². The molecule has 0 saturated carbocycles. The Bertz CT molecular complexity index is 1000. The van der Waals surface area contributed by atoms with E-state index in [0.29, 0.717) is 11.1 Å². The third kappa shape index (κ3) is 5.36. The van der Waals surface area contributed by atoms with Gasteiger partial charge in [-0.3, -0.25) is 14.6 Å². The first kappa shape index (κ1) is 24.7. The van der Waals surface area contributed by atoms with E-state index in [-0.39, 0.29) is 24.4 Å². The number of nitrogens with zero attached hydrogens (tertiary/aromatic N) is 2. The van der Waals surface area contributed by atoms with Crippen LogP contribution in [0.3, 0.4) is 0 Å². The molecule has 0 spiro atoms. The van der Waals surface area contributed by atoms with Crippen LogP contribution in [-0.4, -0.2) is 51.5 Å². The molecule has 9 heteroatoms. The average Bonchev–Trinajstić information content (AvgIpc) is 3.14. The van der Waals surface area contributed by atoms with Gasteiger partial charge >= 0.3 is 0 Å². The lowest BCUT2D eigenvalue weighted by atomic mass is 9.86. The first-order valence-electron chi connectivity index (χ1n) is 10.8. The molecule has 1 aliphatic rings. The molecule has 0 unspecified atom stereocenters. The number of pyridine rings is 1. The molecule has 178 valence electrons. The van der Waals surface area contributed by atoms with E-state index in [1.807, 2.05) is 20.8 Å². The van der Waals surface area contributed by atoms with Gasteiger partial charge in [0, 0.05) is 13.0 Å². The minimum Gasteiger partial charge on any atom is -0.391 e. The molecule has 2 amide bonds. The lowest BCUT2D eigenvalue weighted by Gasteiger charge is -2.32. The quantitative estimate of drug-likeness (QED) is 0.636. The Morgan fingerprint density at radius 1 is 1.18 bits per heavy atom. The minimum atomic E-state index is -0.831. The smallest absolute Gasteiger partial charge is 0.243 e. The molecule has 7 nitrogen and oxygen atoms in total. The van der Waals surface area contributed by atoms with Crippen molar-refractivity contribution in [2.45, 2.75) is 58.3 Å². The normalized spacial score (nSPS) is 20.4. The predicted molar refractivity (Wildman–Crippen MR) is 120 cm³/mol. The van der Waals surface area contributed by atoms with Crippen LogP contribution in [0.15, 0.2) is 36.7 Å². The van der Waals surface area contributed by atoms with Crippen molar-refractivity contribution >= 4 is 11.8 Å². The summed E-state index contributed by atoms with van der Waals surface area (Å²) >= 11 is 0. The fraction of sp³-hybridized carbons (Fsp3) is 0.458. The van der Waals surface area contributed by atoms with Gasteiger partial charge in [0.2, 0.25) is 11.8 Å². The van der Waals surface area contributed by atoms with Crippen molar-refractivity contribution in [3.05, 3.63) is 53.9 Å². The first-order chi connectivity index (χ1) is 15.4. The summed E-state index contributed by atoms with van der Waals surface area (Å²) in [6.07, 6.45) is 1.21. The summed E-state index contributed by atoms with van der Waals surface area (Å²) in [5, 5.41) is 13.0. The van der Waals surface area contributed by atoms with E-state index in [1.165, 1.54) is 4.90 Å². The molecule has 1 aliphatic heterocycles. The van der Waals surface area contributed by atoms with Crippen LogP contribution in [0.2, 0.25) is 0 Å². The van der Waals surface area contributed by atoms with Crippen LogP contribution in [0.4, 0.5) is 8.78 Å². The number of aliphatic hydroxyl groups excluding tert-OH is 1. The number of halogens is 2. The maximum atomic E-state index is 14.0. The molecule has 2 heterocycles. The van der Waals surface area contributed by atoms with Crippen molar-refractivity contribution in [3.8, 4) is 11.1 Å². The molecule has 1 aromatic heterocycles. The second-order valence-corrected chi connectivity index (χ2v) is 9.57. The molecule has 1 fully saturated rings. The van der Waals surface area contributed by atoms with Crippen LogP contribution in [0, 0.1) is 17.0 Å². The summed E-state index contributed by atoms with van der Waals surface area (Å²) in [6.45, 7) is 7.33. The van der Waals surface area contributed by atoms with Crippen molar-refractivity contribution < 1.29 is 23.5 Å². The Kier molecular flexibility index (Phi) is 7.14. The number of amides is 2. The SMILES string of the molecule is C[C@H](NC(=O)[C@@H]1C[C@@H](O)CN1C(=O)[C@@H](N)C(C)(C)C)c1ccc(-c2c(F)cncc2F)cc1. The zero-order valence-corrected chi connectivity index (χ0v) is 19.2. The number of nitrogens with one attached hydrogen (secondary N) is 1. The van der Waals surface area contributed by atoms with Crippen molar-refractivity contribution in [1.29, 1.82) is 0 Å². The average molecular weight is 461 g/mol. The highest BCUT2D eigenvalue weighted by atomic mass is 19.1. The van der Waals surface area contributed by atoms with Gasteiger partial charge < -0.3 is 21.1 Å². The number of carbonyl (C=O) groups excluding carboxylic acids is 2. The van der Waals surface area contributed by atoms with Crippen LogP contribution in [-0.2, 0) is 9.59 Å². The number of nitrogens with two attached hydrogens (primary N) is 1. The van der Waals surface area contributed by atoms with Gasteiger partial charge in [0.25, 0.3) is 0 Å². The first-order valence-corrected chi connectivity index (χ1v) is 10.8. The highest BCUT2D eigenvalue weighted by Crippen LogP contribution is 2.28. The van der Waals surface area contributed by atoms with Crippen LogP contribution in [0.25, 0.3) is 11.1 Å². The number of benzene rings is 1. The van der Waals surface area contributed by atoms with Gasteiger partial charge in [-0.2, -0.15) is 0 Å². The molecule has 0 radical (unpaired) electrons. The molecule has 4 N–H and O–H groups in total. The Hall–Kier alpha value is -2.91. The van der Waals surface area contributed by atoms with E-state index in [1.54, 1.807) is 31.2 Å². The van der Waals surface area contributed by atoms with E-state index in [9.17, 15) is 23.5 Å².